The van der Waals surface area contributed by atoms with Crippen LogP contribution < -0.4 is 0 Å². The monoisotopic (exact) mass is 266 g/mol. The maximum absolute atomic E-state index is 12.1. The van der Waals surface area contributed by atoms with E-state index in [-0.39, 0.29) is 18.4 Å². The fourth-order valence-corrected chi connectivity index (χ4v) is 3.32. The molecule has 0 heterocycles. The Hall–Kier alpha value is -1.32. The van der Waals surface area contributed by atoms with Crippen LogP contribution in [0.5, 0.6) is 0 Å². The molecule has 2 aliphatic carbocycles. The second-order valence-corrected chi connectivity index (χ2v) is 5.29. The fraction of sp³-hybridized carbons (Fsp3) is 0.733. The maximum atomic E-state index is 12.1. The summed E-state index contributed by atoms with van der Waals surface area (Å²) >= 11 is 0. The Kier molecular flexibility index (Phi) is 4.61. The van der Waals surface area contributed by atoms with Crippen molar-refractivity contribution in [2.75, 3.05) is 13.2 Å². The summed E-state index contributed by atoms with van der Waals surface area (Å²) < 4.78 is 10.1. The molecule has 4 heteroatoms. The zero-order valence-corrected chi connectivity index (χ0v) is 11.7. The van der Waals surface area contributed by atoms with E-state index in [0.29, 0.717) is 30.6 Å². The van der Waals surface area contributed by atoms with E-state index in [2.05, 4.69) is 0 Å². The number of ether oxygens (including phenoxy) is 2. The lowest BCUT2D eigenvalue weighted by Gasteiger charge is -2.18. The second-order valence-electron chi connectivity index (χ2n) is 5.29. The predicted molar refractivity (Wildman–Crippen MR) is 70.4 cm³/mol. The van der Waals surface area contributed by atoms with E-state index in [1.165, 1.54) is 12.8 Å². The van der Waals surface area contributed by atoms with Crippen LogP contribution in [0.25, 0.3) is 0 Å². The smallest absolute Gasteiger partial charge is 0.334 e. The third-order valence-electron chi connectivity index (χ3n) is 4.08. The summed E-state index contributed by atoms with van der Waals surface area (Å²) in [5.74, 6) is 0.518. The third kappa shape index (κ3) is 3.17. The van der Waals surface area contributed by atoms with Crippen molar-refractivity contribution in [1.82, 2.24) is 0 Å². The van der Waals surface area contributed by atoms with Crippen LogP contribution in [-0.2, 0) is 19.1 Å². The van der Waals surface area contributed by atoms with E-state index in [4.69, 9.17) is 9.47 Å². The largest absolute Gasteiger partial charge is 0.466 e. The third-order valence-corrected chi connectivity index (χ3v) is 4.08. The zero-order chi connectivity index (χ0) is 13.8. The molecule has 0 amide bonds. The Morgan fingerprint density at radius 3 is 2.42 bits per heavy atom. The van der Waals surface area contributed by atoms with Gasteiger partial charge in [-0.1, -0.05) is 5.57 Å². The lowest BCUT2D eigenvalue weighted by atomic mass is 9.89. The number of rotatable bonds is 5. The topological polar surface area (TPSA) is 52.6 Å². The van der Waals surface area contributed by atoms with Gasteiger partial charge < -0.3 is 9.47 Å². The Bertz CT molecular complexity index is 397. The average Bonchev–Trinajstić information content (AvgIpc) is 2.98. The van der Waals surface area contributed by atoms with Gasteiger partial charge in [-0.05, 0) is 51.4 Å². The van der Waals surface area contributed by atoms with Gasteiger partial charge in [0.05, 0.1) is 19.6 Å². The van der Waals surface area contributed by atoms with Gasteiger partial charge in [-0.2, -0.15) is 0 Å². The highest BCUT2D eigenvalue weighted by Gasteiger charge is 2.38. The molecule has 19 heavy (non-hydrogen) atoms. The van der Waals surface area contributed by atoms with Gasteiger partial charge >= 0.3 is 11.9 Å². The van der Waals surface area contributed by atoms with Gasteiger partial charge in [-0.15, -0.1) is 0 Å². The highest BCUT2D eigenvalue weighted by Crippen LogP contribution is 2.49. The number of hydrogen-bond donors (Lipinski definition) is 0. The van der Waals surface area contributed by atoms with Crippen LogP contribution >= 0.6 is 0 Å². The molecule has 0 aromatic heterocycles. The summed E-state index contributed by atoms with van der Waals surface area (Å²) in [5, 5.41) is 0. The van der Waals surface area contributed by atoms with Crippen molar-refractivity contribution in [1.29, 1.82) is 0 Å². The minimum atomic E-state index is -0.335. The Balaban J connectivity index is 2.17. The summed E-state index contributed by atoms with van der Waals surface area (Å²) in [4.78, 5) is 23.7. The molecule has 2 fully saturated rings. The molecule has 2 unspecified atom stereocenters. The first kappa shape index (κ1) is 14.1. The van der Waals surface area contributed by atoms with Crippen LogP contribution in [0.1, 0.15) is 46.0 Å². The molecule has 106 valence electrons. The van der Waals surface area contributed by atoms with E-state index in [1.807, 2.05) is 0 Å². The molecule has 0 radical (unpaired) electrons. The van der Waals surface area contributed by atoms with Gasteiger partial charge in [-0.25, -0.2) is 4.79 Å². The molecule has 0 N–H and O–H groups in total. The number of fused-ring (bicyclic) bond motifs is 2. The molecule has 0 saturated heterocycles. The van der Waals surface area contributed by atoms with Gasteiger partial charge in [0.25, 0.3) is 0 Å². The van der Waals surface area contributed by atoms with Crippen LogP contribution in [-0.4, -0.2) is 25.2 Å². The molecule has 0 aromatic rings. The molecule has 2 aliphatic rings. The van der Waals surface area contributed by atoms with Crippen molar-refractivity contribution in [3.8, 4) is 0 Å². The van der Waals surface area contributed by atoms with Crippen molar-refractivity contribution in [3.63, 3.8) is 0 Å². The maximum Gasteiger partial charge on any atom is 0.334 e. The van der Waals surface area contributed by atoms with Crippen molar-refractivity contribution in [2.24, 2.45) is 11.8 Å². The Labute approximate surface area is 114 Å². The van der Waals surface area contributed by atoms with Crippen molar-refractivity contribution in [3.05, 3.63) is 11.1 Å². The van der Waals surface area contributed by atoms with Crippen LogP contribution in [0.2, 0.25) is 0 Å². The van der Waals surface area contributed by atoms with Gasteiger partial charge in [0.2, 0.25) is 0 Å². The summed E-state index contributed by atoms with van der Waals surface area (Å²) in [6, 6.07) is 0. The number of carbonyl (C=O) groups excluding carboxylic acids is 2. The summed E-state index contributed by atoms with van der Waals surface area (Å²) in [6.07, 6.45) is 4.58. The van der Waals surface area contributed by atoms with E-state index in [9.17, 15) is 9.59 Å². The number of hydrogen-bond acceptors (Lipinski definition) is 4. The fourth-order valence-electron chi connectivity index (χ4n) is 3.32. The van der Waals surface area contributed by atoms with Gasteiger partial charge in [0, 0.05) is 5.57 Å². The molecule has 0 aromatic carbocycles. The van der Waals surface area contributed by atoms with Crippen molar-refractivity contribution in [2.45, 2.75) is 46.0 Å². The number of carbonyl (C=O) groups is 2. The quantitative estimate of drug-likeness (QED) is 0.567. The van der Waals surface area contributed by atoms with E-state index < -0.39 is 0 Å². The number of esters is 2. The van der Waals surface area contributed by atoms with E-state index in [0.717, 1.165) is 18.4 Å². The number of allylic oxidation sites excluding steroid dienone is 1. The molecule has 0 spiro atoms. The summed E-state index contributed by atoms with van der Waals surface area (Å²) in [6.45, 7) is 4.24. The Morgan fingerprint density at radius 2 is 1.89 bits per heavy atom. The van der Waals surface area contributed by atoms with Gasteiger partial charge in [-0.3, -0.25) is 4.79 Å². The lowest BCUT2D eigenvalue weighted by molar-refractivity contribution is -0.145. The second kappa shape index (κ2) is 6.22. The summed E-state index contributed by atoms with van der Waals surface area (Å²) in [7, 11) is 0. The SMILES string of the molecule is CCOC(=O)CC(C(=O)OCC)=C1CC2CCC1C2. The first-order chi connectivity index (χ1) is 9.15. The highest BCUT2D eigenvalue weighted by molar-refractivity contribution is 5.94. The van der Waals surface area contributed by atoms with Crippen LogP contribution in [0.15, 0.2) is 11.1 Å². The normalized spacial score (nSPS) is 27.3. The predicted octanol–water partition coefficient (Wildman–Crippen LogP) is 2.62. The molecular weight excluding hydrogens is 244 g/mol. The first-order valence-corrected chi connectivity index (χ1v) is 7.20. The van der Waals surface area contributed by atoms with Gasteiger partial charge in [0.15, 0.2) is 0 Å². The molecule has 2 rings (SSSR count). The molecule has 2 bridgehead atoms. The van der Waals surface area contributed by atoms with Crippen LogP contribution in [0.4, 0.5) is 0 Å². The van der Waals surface area contributed by atoms with Crippen LogP contribution in [0.3, 0.4) is 0 Å². The van der Waals surface area contributed by atoms with E-state index >= 15 is 0 Å². The molecular formula is C15H22O4. The zero-order valence-electron chi connectivity index (χ0n) is 11.7. The van der Waals surface area contributed by atoms with Crippen molar-refractivity contribution >= 4 is 11.9 Å². The van der Waals surface area contributed by atoms with E-state index in [1.54, 1.807) is 13.8 Å². The highest BCUT2D eigenvalue weighted by atomic mass is 16.5. The summed E-state index contributed by atoms with van der Waals surface area (Å²) in [5.41, 5.74) is 1.72. The van der Waals surface area contributed by atoms with Crippen LogP contribution in [0, 0.1) is 11.8 Å². The molecule has 4 nitrogen and oxygen atoms in total. The van der Waals surface area contributed by atoms with Gasteiger partial charge in [0.1, 0.15) is 0 Å². The van der Waals surface area contributed by atoms with Crippen molar-refractivity contribution < 1.29 is 19.1 Å². The standard InChI is InChI=1S/C15H22O4/c1-3-18-14(16)9-13(15(17)19-4-2)12-8-10-5-6-11(12)7-10/h10-11H,3-9H2,1-2H3. The minimum Gasteiger partial charge on any atom is -0.466 e. The minimum absolute atomic E-state index is 0.0607. The molecule has 2 atom stereocenters. The molecule has 2 saturated carbocycles. The molecule has 0 aliphatic heterocycles. The Morgan fingerprint density at radius 1 is 1.16 bits per heavy atom. The first-order valence-electron chi connectivity index (χ1n) is 7.20. The lowest BCUT2D eigenvalue weighted by Crippen LogP contribution is -2.17. The average molecular weight is 266 g/mol.